The molecule has 0 bridgehead atoms. The number of hydrogen-bond acceptors (Lipinski definition) is 2. The predicted molar refractivity (Wildman–Crippen MR) is 68.0 cm³/mol. The fourth-order valence-electron chi connectivity index (χ4n) is 2.40. The first-order chi connectivity index (χ1) is 8.09. The van der Waals surface area contributed by atoms with E-state index in [1.54, 1.807) is 0 Å². The third-order valence-corrected chi connectivity index (χ3v) is 3.24. The minimum Gasteiger partial charge on any atom is -0.426 e. The largest absolute Gasteiger partial charge is 0.426 e. The number of allylic oxidation sites excluding steroid dienone is 1. The Kier molecular flexibility index (Phi) is 3.32. The van der Waals surface area contributed by atoms with Crippen molar-refractivity contribution < 1.29 is 9.53 Å². The molecule has 2 heteroatoms. The van der Waals surface area contributed by atoms with Crippen LogP contribution in [0.15, 0.2) is 36.4 Å². The van der Waals surface area contributed by atoms with Gasteiger partial charge in [-0.15, -0.1) is 0 Å². The Morgan fingerprint density at radius 3 is 2.35 bits per heavy atom. The Balaban J connectivity index is 2.29. The molecule has 0 saturated carbocycles. The van der Waals surface area contributed by atoms with Crippen molar-refractivity contribution in [2.75, 3.05) is 0 Å². The van der Waals surface area contributed by atoms with Gasteiger partial charge in [0.05, 0.1) is 5.92 Å². The third-order valence-electron chi connectivity index (χ3n) is 3.24. The molecular formula is C15H18O2. The molecule has 0 unspecified atom stereocenters. The molecule has 90 valence electrons. The van der Waals surface area contributed by atoms with E-state index in [4.69, 9.17) is 4.74 Å². The molecule has 1 heterocycles. The monoisotopic (exact) mass is 230 g/mol. The van der Waals surface area contributed by atoms with Crippen LogP contribution >= 0.6 is 0 Å². The lowest BCUT2D eigenvalue weighted by atomic mass is 9.82. The molecule has 1 aromatic carbocycles. The molecule has 0 saturated heterocycles. The highest BCUT2D eigenvalue weighted by atomic mass is 16.5. The van der Waals surface area contributed by atoms with Gasteiger partial charge in [0.25, 0.3) is 0 Å². The van der Waals surface area contributed by atoms with E-state index in [1.807, 2.05) is 30.3 Å². The number of benzene rings is 1. The van der Waals surface area contributed by atoms with Crippen LogP contribution in [0.3, 0.4) is 0 Å². The van der Waals surface area contributed by atoms with Crippen molar-refractivity contribution in [3.8, 4) is 0 Å². The smallest absolute Gasteiger partial charge is 0.315 e. The Morgan fingerprint density at radius 2 is 1.82 bits per heavy atom. The van der Waals surface area contributed by atoms with Crippen LogP contribution in [0.25, 0.3) is 5.76 Å². The predicted octanol–water partition coefficient (Wildman–Crippen LogP) is 3.49. The summed E-state index contributed by atoms with van der Waals surface area (Å²) >= 11 is 0. The lowest BCUT2D eigenvalue weighted by Gasteiger charge is -2.29. The Labute approximate surface area is 102 Å². The summed E-state index contributed by atoms with van der Waals surface area (Å²) in [5.41, 5.74) is 0.968. The van der Waals surface area contributed by atoms with Gasteiger partial charge in [0.1, 0.15) is 5.76 Å². The summed E-state index contributed by atoms with van der Waals surface area (Å²) in [5.74, 6) is 1.11. The number of carbonyl (C=O) groups excluding carboxylic acids is 1. The van der Waals surface area contributed by atoms with Crippen LogP contribution in [0, 0.1) is 17.8 Å². The van der Waals surface area contributed by atoms with Gasteiger partial charge >= 0.3 is 5.97 Å². The molecule has 1 aliphatic heterocycles. The van der Waals surface area contributed by atoms with Gasteiger partial charge in [-0.1, -0.05) is 51.1 Å². The normalized spacial score (nSPS) is 24.5. The molecule has 17 heavy (non-hydrogen) atoms. The Bertz CT molecular complexity index is 431. The standard InChI is InChI=1S/C15H18O2/c1-10(2)14-11(3)9-13(17-15(14)16)12-7-5-4-6-8-12/h4-11,14H,1-3H3/t11-,14+/m0/s1. The fraction of sp³-hybridized carbons (Fsp3) is 0.400. The molecular weight excluding hydrogens is 212 g/mol. The highest BCUT2D eigenvalue weighted by Gasteiger charge is 2.33. The maximum absolute atomic E-state index is 12.0. The van der Waals surface area contributed by atoms with Crippen molar-refractivity contribution in [2.24, 2.45) is 17.8 Å². The van der Waals surface area contributed by atoms with Crippen molar-refractivity contribution >= 4 is 11.7 Å². The van der Waals surface area contributed by atoms with Gasteiger partial charge in [0.15, 0.2) is 0 Å². The van der Waals surface area contributed by atoms with Crippen LogP contribution in [0.1, 0.15) is 26.3 Å². The van der Waals surface area contributed by atoms with E-state index >= 15 is 0 Å². The topological polar surface area (TPSA) is 26.3 Å². The number of carbonyl (C=O) groups is 1. The van der Waals surface area contributed by atoms with E-state index in [-0.39, 0.29) is 17.8 Å². The molecule has 2 nitrogen and oxygen atoms in total. The van der Waals surface area contributed by atoms with Gasteiger partial charge in [-0.2, -0.15) is 0 Å². The number of ether oxygens (including phenoxy) is 1. The van der Waals surface area contributed by atoms with Crippen LogP contribution in [0.2, 0.25) is 0 Å². The molecule has 0 spiro atoms. The van der Waals surface area contributed by atoms with Crippen LogP contribution in [-0.2, 0) is 9.53 Å². The van der Waals surface area contributed by atoms with Gasteiger partial charge in [0, 0.05) is 5.56 Å². The summed E-state index contributed by atoms with van der Waals surface area (Å²) in [6.07, 6.45) is 2.06. The molecule has 0 radical (unpaired) electrons. The van der Waals surface area contributed by atoms with E-state index in [0.717, 1.165) is 5.56 Å². The third kappa shape index (κ3) is 2.41. The molecule has 0 amide bonds. The van der Waals surface area contributed by atoms with Gasteiger partial charge < -0.3 is 4.74 Å². The SMILES string of the molecule is CC(C)[C@H]1C(=O)OC(c2ccccc2)=C[C@@H]1C. The molecule has 0 N–H and O–H groups in total. The number of hydrogen-bond donors (Lipinski definition) is 0. The molecule has 1 aliphatic rings. The number of cyclic esters (lactones) is 1. The lowest BCUT2D eigenvalue weighted by Crippen LogP contribution is -2.31. The maximum atomic E-state index is 12.0. The van der Waals surface area contributed by atoms with E-state index in [2.05, 4.69) is 26.8 Å². The number of rotatable bonds is 2. The van der Waals surface area contributed by atoms with Crippen molar-refractivity contribution in [3.05, 3.63) is 42.0 Å². The fourth-order valence-corrected chi connectivity index (χ4v) is 2.40. The van der Waals surface area contributed by atoms with Crippen molar-refractivity contribution in [3.63, 3.8) is 0 Å². The van der Waals surface area contributed by atoms with E-state index in [0.29, 0.717) is 11.7 Å². The quantitative estimate of drug-likeness (QED) is 0.727. The zero-order valence-corrected chi connectivity index (χ0v) is 10.5. The summed E-state index contributed by atoms with van der Waals surface area (Å²) in [5, 5.41) is 0. The summed E-state index contributed by atoms with van der Waals surface area (Å²) < 4.78 is 5.44. The minimum absolute atomic E-state index is 0.0255. The van der Waals surface area contributed by atoms with Gasteiger partial charge in [-0.3, -0.25) is 4.79 Å². The second-order valence-corrected chi connectivity index (χ2v) is 4.95. The second-order valence-electron chi connectivity index (χ2n) is 4.95. The van der Waals surface area contributed by atoms with Crippen LogP contribution in [-0.4, -0.2) is 5.97 Å². The lowest BCUT2D eigenvalue weighted by molar-refractivity contribution is -0.145. The molecule has 2 rings (SSSR count). The Hall–Kier alpha value is -1.57. The highest BCUT2D eigenvalue weighted by molar-refractivity contribution is 5.83. The second kappa shape index (κ2) is 4.74. The van der Waals surface area contributed by atoms with Gasteiger partial charge in [0.2, 0.25) is 0 Å². The van der Waals surface area contributed by atoms with Crippen LogP contribution < -0.4 is 0 Å². The summed E-state index contributed by atoms with van der Waals surface area (Å²) in [4.78, 5) is 12.0. The average Bonchev–Trinajstić information content (AvgIpc) is 2.28. The molecule has 0 aliphatic carbocycles. The molecule has 1 aromatic rings. The van der Waals surface area contributed by atoms with Gasteiger partial charge in [-0.05, 0) is 17.9 Å². The van der Waals surface area contributed by atoms with Crippen molar-refractivity contribution in [1.29, 1.82) is 0 Å². The molecule has 0 aromatic heterocycles. The Morgan fingerprint density at radius 1 is 1.18 bits per heavy atom. The maximum Gasteiger partial charge on any atom is 0.315 e. The summed E-state index contributed by atoms with van der Waals surface area (Å²) in [6.45, 7) is 6.20. The van der Waals surface area contributed by atoms with Gasteiger partial charge in [-0.25, -0.2) is 0 Å². The first kappa shape index (κ1) is 11.9. The summed E-state index contributed by atoms with van der Waals surface area (Å²) in [6, 6.07) is 9.77. The number of esters is 1. The van der Waals surface area contributed by atoms with E-state index < -0.39 is 0 Å². The van der Waals surface area contributed by atoms with E-state index in [9.17, 15) is 4.79 Å². The van der Waals surface area contributed by atoms with Crippen molar-refractivity contribution in [2.45, 2.75) is 20.8 Å². The zero-order chi connectivity index (χ0) is 12.4. The van der Waals surface area contributed by atoms with Crippen molar-refractivity contribution in [1.82, 2.24) is 0 Å². The minimum atomic E-state index is -0.103. The first-order valence-corrected chi connectivity index (χ1v) is 6.08. The molecule has 0 fully saturated rings. The highest BCUT2D eigenvalue weighted by Crippen LogP contribution is 2.33. The van der Waals surface area contributed by atoms with E-state index in [1.165, 1.54) is 0 Å². The molecule has 2 atom stereocenters. The summed E-state index contributed by atoms with van der Waals surface area (Å²) in [7, 11) is 0. The van der Waals surface area contributed by atoms with Crippen LogP contribution in [0.5, 0.6) is 0 Å². The van der Waals surface area contributed by atoms with Crippen LogP contribution in [0.4, 0.5) is 0 Å². The zero-order valence-electron chi connectivity index (χ0n) is 10.5. The first-order valence-electron chi connectivity index (χ1n) is 6.08. The average molecular weight is 230 g/mol.